The number of fused-ring (bicyclic) bond motifs is 1. The van der Waals surface area contributed by atoms with Crippen molar-refractivity contribution in [3.63, 3.8) is 0 Å². The van der Waals surface area contributed by atoms with E-state index in [0.29, 0.717) is 6.54 Å². The van der Waals surface area contributed by atoms with E-state index in [1.165, 1.54) is 6.42 Å². The Morgan fingerprint density at radius 1 is 1.04 bits per heavy atom. The van der Waals surface area contributed by atoms with Gasteiger partial charge in [0.1, 0.15) is 0 Å². The Hall–Kier alpha value is -1.65. The average molecular weight is 436 g/mol. The molecule has 1 amide bonds. The lowest BCUT2D eigenvalue weighted by Gasteiger charge is -2.23. The highest BCUT2D eigenvalue weighted by molar-refractivity contribution is 9.09. The molecule has 0 bridgehead atoms. The second kappa shape index (κ2) is 10.5. The Morgan fingerprint density at radius 3 is 2.27 bits per heavy atom. The Kier molecular flexibility index (Phi) is 8.33. The molecule has 0 aliphatic carbocycles. The summed E-state index contributed by atoms with van der Waals surface area (Å²) >= 11 is 9.51. The number of rotatable bonds is 4. The zero-order valence-corrected chi connectivity index (χ0v) is 17.5. The third kappa shape index (κ3) is 4.95. The van der Waals surface area contributed by atoms with Crippen LogP contribution in [-0.2, 0) is 4.79 Å². The van der Waals surface area contributed by atoms with Gasteiger partial charge in [0.15, 0.2) is 0 Å². The highest BCUT2D eigenvalue weighted by atomic mass is 79.9. The van der Waals surface area contributed by atoms with Gasteiger partial charge in [0, 0.05) is 23.0 Å². The van der Waals surface area contributed by atoms with E-state index >= 15 is 0 Å². The van der Waals surface area contributed by atoms with Crippen LogP contribution in [0.2, 0.25) is 0 Å². The van der Waals surface area contributed by atoms with Crippen LogP contribution in [0, 0.1) is 0 Å². The first-order chi connectivity index (χ1) is 12.6. The molecule has 1 heterocycles. The number of benzene rings is 2. The fourth-order valence-electron chi connectivity index (χ4n) is 2.67. The predicted octanol–water partition coefficient (Wildman–Crippen LogP) is 5.64. The minimum atomic E-state index is -0.894. The zero-order chi connectivity index (χ0) is 18.9. The van der Waals surface area contributed by atoms with E-state index in [1.807, 2.05) is 61.5 Å². The van der Waals surface area contributed by atoms with Crippen molar-refractivity contribution in [3.8, 4) is 0 Å². The average Bonchev–Trinajstić information content (AvgIpc) is 2.80. The van der Waals surface area contributed by atoms with Crippen LogP contribution in [0.15, 0.2) is 59.6 Å². The molecule has 0 radical (unpaired) electrons. The fourth-order valence-corrected chi connectivity index (χ4v) is 2.89. The smallest absolute Gasteiger partial charge is 0.267 e. The molecule has 1 atom stereocenters. The summed E-state index contributed by atoms with van der Waals surface area (Å²) in [4.78, 5) is 18.8. The maximum atomic E-state index is 12.6. The molecule has 0 N–H and O–H groups in total. The van der Waals surface area contributed by atoms with Crippen molar-refractivity contribution >= 4 is 44.8 Å². The van der Waals surface area contributed by atoms with Crippen molar-refractivity contribution in [1.29, 1.82) is 0 Å². The summed E-state index contributed by atoms with van der Waals surface area (Å²) in [6, 6.07) is 17.7. The normalized spacial score (nSPS) is 16.2. The molecule has 0 saturated heterocycles. The monoisotopic (exact) mass is 434 g/mol. The third-order valence-electron chi connectivity index (χ3n) is 3.85. The van der Waals surface area contributed by atoms with Crippen molar-refractivity contribution < 1.29 is 4.79 Å². The topological polar surface area (TPSA) is 32.7 Å². The molecule has 1 aliphatic heterocycles. The molecule has 0 spiro atoms. The molecule has 2 aromatic rings. The van der Waals surface area contributed by atoms with Gasteiger partial charge in [-0.25, -0.2) is 0 Å². The lowest BCUT2D eigenvalue weighted by Crippen LogP contribution is -2.36. The minimum Gasteiger partial charge on any atom is -0.309 e. The first-order valence-corrected chi connectivity index (χ1v) is 10.4. The Balaban J connectivity index is 0.000000552. The van der Waals surface area contributed by atoms with Crippen LogP contribution >= 0.6 is 27.5 Å². The van der Waals surface area contributed by atoms with Gasteiger partial charge in [0.05, 0.1) is 11.4 Å². The van der Waals surface area contributed by atoms with E-state index in [4.69, 9.17) is 11.6 Å². The molecule has 0 fully saturated rings. The van der Waals surface area contributed by atoms with E-state index in [0.717, 1.165) is 34.3 Å². The van der Waals surface area contributed by atoms with Crippen LogP contribution in [0.3, 0.4) is 0 Å². The summed E-state index contributed by atoms with van der Waals surface area (Å²) in [5.41, 5.74) is 2.66. The number of anilines is 1. The van der Waals surface area contributed by atoms with Crippen LogP contribution in [0.5, 0.6) is 0 Å². The van der Waals surface area contributed by atoms with Crippen LogP contribution < -0.4 is 4.90 Å². The SMILES string of the molecule is CCCBr.CCCN1C(=O)C(Cl)N=C(c2ccccc2)c2ccccc21. The van der Waals surface area contributed by atoms with Gasteiger partial charge in [-0.15, -0.1) is 0 Å². The second-order valence-corrected chi connectivity index (χ2v) is 7.08. The molecular weight excluding hydrogens is 412 g/mol. The lowest BCUT2D eigenvalue weighted by molar-refractivity contribution is -0.118. The molecule has 0 aromatic heterocycles. The van der Waals surface area contributed by atoms with Crippen LogP contribution in [-0.4, -0.2) is 29.0 Å². The summed E-state index contributed by atoms with van der Waals surface area (Å²) in [7, 11) is 0. The van der Waals surface area contributed by atoms with Crippen LogP contribution in [0.1, 0.15) is 37.8 Å². The van der Waals surface area contributed by atoms with E-state index in [2.05, 4.69) is 27.8 Å². The largest absolute Gasteiger partial charge is 0.309 e. The van der Waals surface area contributed by atoms with Gasteiger partial charge >= 0.3 is 0 Å². The summed E-state index contributed by atoms with van der Waals surface area (Å²) in [6.07, 6.45) is 2.10. The molecule has 0 saturated carbocycles. The first kappa shape index (κ1) is 20.7. The van der Waals surface area contributed by atoms with Gasteiger partial charge in [-0.3, -0.25) is 9.79 Å². The molecule has 3 nitrogen and oxygen atoms in total. The Labute approximate surface area is 169 Å². The molecule has 26 heavy (non-hydrogen) atoms. The summed E-state index contributed by atoms with van der Waals surface area (Å²) in [5.74, 6) is -0.165. The van der Waals surface area contributed by atoms with Gasteiger partial charge in [-0.05, 0) is 18.9 Å². The van der Waals surface area contributed by atoms with Crippen molar-refractivity contribution in [1.82, 2.24) is 0 Å². The number of para-hydroxylation sites is 1. The van der Waals surface area contributed by atoms with E-state index in [1.54, 1.807) is 4.90 Å². The van der Waals surface area contributed by atoms with Gasteiger partial charge in [-0.2, -0.15) is 0 Å². The first-order valence-electron chi connectivity index (χ1n) is 8.88. The van der Waals surface area contributed by atoms with E-state index in [-0.39, 0.29) is 5.91 Å². The third-order valence-corrected chi connectivity index (χ3v) is 4.92. The molecule has 138 valence electrons. The van der Waals surface area contributed by atoms with E-state index < -0.39 is 5.50 Å². The molecule has 5 heteroatoms. The number of aliphatic imine (C=N–C) groups is 1. The molecule has 3 rings (SSSR count). The summed E-state index contributed by atoms with van der Waals surface area (Å²) in [6.45, 7) is 4.81. The van der Waals surface area contributed by atoms with Crippen LogP contribution in [0.25, 0.3) is 0 Å². The number of benzodiazepines with no additional fused rings is 1. The number of carbonyl (C=O) groups excluding carboxylic acids is 1. The van der Waals surface area contributed by atoms with E-state index in [9.17, 15) is 4.79 Å². The van der Waals surface area contributed by atoms with Crippen molar-refractivity contribution in [2.45, 2.75) is 32.2 Å². The minimum absolute atomic E-state index is 0.165. The second-order valence-electron chi connectivity index (χ2n) is 5.88. The highest BCUT2D eigenvalue weighted by Gasteiger charge is 2.29. The number of halogens is 2. The number of amides is 1. The number of hydrogen-bond acceptors (Lipinski definition) is 2. The van der Waals surface area contributed by atoms with Gasteiger partial charge < -0.3 is 4.90 Å². The zero-order valence-electron chi connectivity index (χ0n) is 15.2. The molecule has 2 aromatic carbocycles. The highest BCUT2D eigenvalue weighted by Crippen LogP contribution is 2.29. The number of alkyl halides is 2. The maximum Gasteiger partial charge on any atom is 0.267 e. The molecule has 1 aliphatic rings. The number of hydrogen-bond donors (Lipinski definition) is 0. The Bertz CT molecular complexity index is 747. The number of nitrogens with zero attached hydrogens (tertiary/aromatic N) is 2. The Morgan fingerprint density at radius 2 is 1.65 bits per heavy atom. The van der Waals surface area contributed by atoms with Crippen LogP contribution in [0.4, 0.5) is 5.69 Å². The molecular formula is C21H24BrClN2O. The van der Waals surface area contributed by atoms with Crippen molar-refractivity contribution in [3.05, 3.63) is 65.7 Å². The van der Waals surface area contributed by atoms with Crippen molar-refractivity contribution in [2.75, 3.05) is 16.8 Å². The van der Waals surface area contributed by atoms with Crippen molar-refractivity contribution in [2.24, 2.45) is 4.99 Å². The molecule has 1 unspecified atom stereocenters. The maximum absolute atomic E-state index is 12.6. The quantitative estimate of drug-likeness (QED) is 0.452. The summed E-state index contributed by atoms with van der Waals surface area (Å²) in [5, 5.41) is 1.13. The standard InChI is InChI=1S/C18H17ClN2O.C3H7Br/c1-2-12-21-15-11-7-6-10-14(15)16(20-17(19)18(21)22)13-8-4-3-5-9-13;1-2-3-4/h3-11,17H,2,12H2,1H3;2-3H2,1H3. The lowest BCUT2D eigenvalue weighted by atomic mass is 10.0. The summed E-state index contributed by atoms with van der Waals surface area (Å²) < 4.78 is 0. The fraction of sp³-hybridized carbons (Fsp3) is 0.333. The van der Waals surface area contributed by atoms with Gasteiger partial charge in [0.25, 0.3) is 5.91 Å². The number of carbonyl (C=O) groups is 1. The van der Waals surface area contributed by atoms with Gasteiger partial charge in [-0.1, -0.05) is 89.9 Å². The van der Waals surface area contributed by atoms with Gasteiger partial charge in [0.2, 0.25) is 5.50 Å². The predicted molar refractivity (Wildman–Crippen MR) is 115 cm³/mol.